The molecule has 0 saturated carbocycles. The van der Waals surface area contributed by atoms with Crippen molar-refractivity contribution in [3.63, 3.8) is 0 Å². The van der Waals surface area contributed by atoms with Crippen LogP contribution in [0.2, 0.25) is 0 Å². The molecule has 1 aromatic heterocycles. The molecule has 0 unspecified atom stereocenters. The Balaban J connectivity index is 1.91. The fraction of sp³-hybridized carbons (Fsp3) is 0.316. The van der Waals surface area contributed by atoms with Crippen LogP contribution in [0.4, 0.5) is 0 Å². The number of pyridine rings is 1. The van der Waals surface area contributed by atoms with E-state index in [0.717, 1.165) is 34.8 Å². The molecule has 0 aliphatic carbocycles. The van der Waals surface area contributed by atoms with Crippen LogP contribution in [0.1, 0.15) is 29.8 Å². The van der Waals surface area contributed by atoms with Crippen molar-refractivity contribution < 1.29 is 9.53 Å². The fourth-order valence-electron chi connectivity index (χ4n) is 2.70. The Morgan fingerprint density at radius 2 is 2.04 bits per heavy atom. The van der Waals surface area contributed by atoms with Crippen LogP contribution < -0.4 is 4.74 Å². The average molecular weight is 323 g/mol. The highest BCUT2D eigenvalue weighted by molar-refractivity contribution is 6.01. The van der Waals surface area contributed by atoms with E-state index in [1.165, 1.54) is 0 Å². The molecule has 0 radical (unpaired) electrons. The summed E-state index contributed by atoms with van der Waals surface area (Å²) < 4.78 is 5.20. The van der Waals surface area contributed by atoms with Gasteiger partial charge in [0.15, 0.2) is 0 Å². The van der Waals surface area contributed by atoms with E-state index in [4.69, 9.17) is 4.74 Å². The topological polar surface area (TPSA) is 54.8 Å². The Kier molecular flexibility index (Phi) is 4.89. The Hall–Kier alpha value is -2.69. The molecule has 1 fully saturated rings. The van der Waals surface area contributed by atoms with Crippen molar-refractivity contribution in [1.82, 2.24) is 9.99 Å². The molecule has 5 nitrogen and oxygen atoms in total. The number of aryl methyl sites for hydroxylation is 1. The molecule has 0 N–H and O–H groups in total. The number of carbonyl (C=O) groups is 1. The van der Waals surface area contributed by atoms with Gasteiger partial charge in [-0.15, -0.1) is 0 Å². The Bertz CT molecular complexity index is 753. The van der Waals surface area contributed by atoms with Crippen molar-refractivity contribution in [1.29, 1.82) is 0 Å². The van der Waals surface area contributed by atoms with E-state index in [-0.39, 0.29) is 5.91 Å². The second-order valence-corrected chi connectivity index (χ2v) is 5.86. The summed E-state index contributed by atoms with van der Waals surface area (Å²) in [5.74, 6) is 0.899. The largest absolute Gasteiger partial charge is 0.497 e. The number of aromatic nitrogens is 1. The summed E-state index contributed by atoms with van der Waals surface area (Å²) >= 11 is 0. The van der Waals surface area contributed by atoms with Gasteiger partial charge in [0.2, 0.25) is 5.91 Å². The predicted molar refractivity (Wildman–Crippen MR) is 93.2 cm³/mol. The molecule has 0 bridgehead atoms. The lowest BCUT2D eigenvalue weighted by molar-refractivity contribution is -0.127. The highest BCUT2D eigenvalue weighted by Gasteiger charge is 2.21. The van der Waals surface area contributed by atoms with Crippen molar-refractivity contribution >= 4 is 11.6 Å². The first-order valence-electron chi connectivity index (χ1n) is 8.10. The van der Waals surface area contributed by atoms with E-state index >= 15 is 0 Å². The number of benzene rings is 1. The summed E-state index contributed by atoms with van der Waals surface area (Å²) in [5.41, 5.74) is 3.65. The molecule has 3 rings (SSSR count). The molecule has 0 atom stereocenters. The van der Waals surface area contributed by atoms with Gasteiger partial charge in [0.05, 0.1) is 18.5 Å². The van der Waals surface area contributed by atoms with Crippen molar-refractivity contribution in [2.24, 2.45) is 5.10 Å². The minimum atomic E-state index is 0.0786. The first kappa shape index (κ1) is 16.2. The van der Waals surface area contributed by atoms with Gasteiger partial charge in [-0.05, 0) is 43.2 Å². The number of rotatable bonds is 5. The maximum absolute atomic E-state index is 11.9. The summed E-state index contributed by atoms with van der Waals surface area (Å²) in [6, 6.07) is 13.7. The molecule has 1 aliphatic rings. The molecule has 1 saturated heterocycles. The van der Waals surface area contributed by atoms with Crippen molar-refractivity contribution in [3.8, 4) is 5.75 Å². The van der Waals surface area contributed by atoms with Crippen LogP contribution in [0.5, 0.6) is 5.75 Å². The van der Waals surface area contributed by atoms with Crippen molar-refractivity contribution in [3.05, 3.63) is 59.4 Å². The molecule has 5 heteroatoms. The summed E-state index contributed by atoms with van der Waals surface area (Å²) in [5, 5.41) is 6.18. The van der Waals surface area contributed by atoms with Gasteiger partial charge in [0, 0.05) is 25.1 Å². The summed E-state index contributed by atoms with van der Waals surface area (Å²) in [4.78, 5) is 16.5. The lowest BCUT2D eigenvalue weighted by Crippen LogP contribution is -2.22. The number of hydrogen-bond donors (Lipinski definition) is 0. The number of hydrazone groups is 1. The monoisotopic (exact) mass is 323 g/mol. The van der Waals surface area contributed by atoms with E-state index in [0.29, 0.717) is 19.4 Å². The number of hydrogen-bond acceptors (Lipinski definition) is 4. The van der Waals surface area contributed by atoms with Crippen LogP contribution in [-0.4, -0.2) is 35.3 Å². The van der Waals surface area contributed by atoms with E-state index in [1.807, 2.05) is 49.4 Å². The van der Waals surface area contributed by atoms with Crippen LogP contribution in [0.3, 0.4) is 0 Å². The number of amides is 1. The van der Waals surface area contributed by atoms with Crippen LogP contribution in [-0.2, 0) is 11.2 Å². The first-order chi connectivity index (χ1) is 11.7. The minimum absolute atomic E-state index is 0.0786. The number of carbonyl (C=O) groups excluding carboxylic acids is 1. The quantitative estimate of drug-likeness (QED) is 0.795. The van der Waals surface area contributed by atoms with Crippen LogP contribution in [0.15, 0.2) is 47.6 Å². The van der Waals surface area contributed by atoms with Gasteiger partial charge in [0.1, 0.15) is 5.75 Å². The number of methoxy groups -OCH3 is 1. The zero-order chi connectivity index (χ0) is 16.9. The van der Waals surface area contributed by atoms with Gasteiger partial charge in [-0.25, -0.2) is 5.01 Å². The number of nitrogens with zero attached hydrogens (tertiary/aromatic N) is 3. The van der Waals surface area contributed by atoms with Gasteiger partial charge in [-0.3, -0.25) is 9.78 Å². The third-order valence-electron chi connectivity index (χ3n) is 4.00. The summed E-state index contributed by atoms with van der Waals surface area (Å²) in [6.45, 7) is 2.63. The van der Waals surface area contributed by atoms with E-state index in [1.54, 1.807) is 12.1 Å². The van der Waals surface area contributed by atoms with Gasteiger partial charge < -0.3 is 4.74 Å². The minimum Gasteiger partial charge on any atom is -0.497 e. The van der Waals surface area contributed by atoms with Gasteiger partial charge >= 0.3 is 0 Å². The highest BCUT2D eigenvalue weighted by Crippen LogP contribution is 2.16. The predicted octanol–water partition coefficient (Wildman–Crippen LogP) is 2.97. The smallest absolute Gasteiger partial charge is 0.242 e. The van der Waals surface area contributed by atoms with Gasteiger partial charge in [-0.2, -0.15) is 5.10 Å². The highest BCUT2D eigenvalue weighted by atomic mass is 16.5. The Morgan fingerprint density at radius 3 is 2.67 bits per heavy atom. The third kappa shape index (κ3) is 3.79. The Morgan fingerprint density at radius 1 is 1.25 bits per heavy atom. The molecule has 2 aromatic rings. The molecule has 1 aliphatic heterocycles. The van der Waals surface area contributed by atoms with Crippen LogP contribution >= 0.6 is 0 Å². The second kappa shape index (κ2) is 7.25. The van der Waals surface area contributed by atoms with E-state index in [2.05, 4.69) is 10.1 Å². The standard InChI is InChI=1S/C19H21N3O2/c1-14-5-3-6-17(20-14)18(21-22-12-4-7-19(22)23)13-15-8-10-16(24-2)11-9-15/h3,5-6,8-11H,4,7,12-13H2,1-2H3. The van der Waals surface area contributed by atoms with Crippen LogP contribution in [0, 0.1) is 6.92 Å². The van der Waals surface area contributed by atoms with Crippen molar-refractivity contribution in [2.45, 2.75) is 26.2 Å². The molecule has 1 aromatic carbocycles. The molecule has 124 valence electrons. The Labute approximate surface area is 142 Å². The van der Waals surface area contributed by atoms with Crippen LogP contribution in [0.25, 0.3) is 0 Å². The molecule has 24 heavy (non-hydrogen) atoms. The summed E-state index contributed by atoms with van der Waals surface area (Å²) in [6.07, 6.45) is 2.05. The SMILES string of the molecule is COc1ccc(CC(=NN2CCCC2=O)c2cccc(C)n2)cc1. The number of ether oxygens (including phenoxy) is 1. The second-order valence-electron chi connectivity index (χ2n) is 5.86. The average Bonchev–Trinajstić information content (AvgIpc) is 3.00. The molecular formula is C19H21N3O2. The first-order valence-corrected chi connectivity index (χ1v) is 8.10. The maximum atomic E-state index is 11.9. The lowest BCUT2D eigenvalue weighted by atomic mass is 10.1. The van der Waals surface area contributed by atoms with E-state index in [9.17, 15) is 4.79 Å². The zero-order valence-corrected chi connectivity index (χ0v) is 14.0. The van der Waals surface area contributed by atoms with Gasteiger partial charge in [0.25, 0.3) is 0 Å². The van der Waals surface area contributed by atoms with Crippen molar-refractivity contribution in [2.75, 3.05) is 13.7 Å². The normalized spacial score (nSPS) is 15.0. The molecule has 2 heterocycles. The molecular weight excluding hydrogens is 302 g/mol. The summed E-state index contributed by atoms with van der Waals surface area (Å²) in [7, 11) is 1.65. The van der Waals surface area contributed by atoms with Gasteiger partial charge in [-0.1, -0.05) is 18.2 Å². The third-order valence-corrected chi connectivity index (χ3v) is 4.00. The lowest BCUT2D eigenvalue weighted by Gasteiger charge is -2.13. The molecule has 1 amide bonds. The van der Waals surface area contributed by atoms with E-state index < -0.39 is 0 Å². The molecule has 0 spiro atoms. The fourth-order valence-corrected chi connectivity index (χ4v) is 2.70. The maximum Gasteiger partial charge on any atom is 0.242 e. The zero-order valence-electron chi connectivity index (χ0n) is 14.0.